The first-order chi connectivity index (χ1) is 11.3. The summed E-state index contributed by atoms with van der Waals surface area (Å²) in [5.41, 5.74) is 0.248. The van der Waals surface area contributed by atoms with Crippen LogP contribution in [0.5, 0.6) is 0 Å². The third-order valence-electron chi connectivity index (χ3n) is 2.80. The standard InChI is InChI=1S/C14H8Cl3N3O3S/c15-9-5-11(17)12(6-10(9)16)18-14(24)19-13(21)7-2-1-3-8(4-7)20(22)23/h1-6H,(H2,18,19,21,24). The first-order valence-electron chi connectivity index (χ1n) is 6.29. The Bertz CT molecular complexity index is 845. The van der Waals surface area contributed by atoms with Crippen LogP contribution in [0.3, 0.4) is 0 Å². The van der Waals surface area contributed by atoms with Crippen molar-refractivity contribution in [2.75, 3.05) is 5.32 Å². The molecule has 0 aliphatic heterocycles. The van der Waals surface area contributed by atoms with Gasteiger partial charge in [-0.15, -0.1) is 0 Å². The van der Waals surface area contributed by atoms with Crippen molar-refractivity contribution in [2.24, 2.45) is 0 Å². The van der Waals surface area contributed by atoms with E-state index in [1.165, 1.54) is 30.3 Å². The molecule has 2 N–H and O–H groups in total. The third-order valence-corrected chi connectivity index (χ3v) is 4.04. The van der Waals surface area contributed by atoms with Crippen molar-refractivity contribution >= 4 is 69.4 Å². The number of nitro benzene ring substituents is 1. The van der Waals surface area contributed by atoms with Crippen LogP contribution in [0.25, 0.3) is 0 Å². The summed E-state index contributed by atoms with van der Waals surface area (Å²) in [4.78, 5) is 22.2. The Hall–Kier alpha value is -1.93. The number of carbonyl (C=O) groups is 1. The van der Waals surface area contributed by atoms with Gasteiger partial charge in [-0.3, -0.25) is 20.2 Å². The Labute approximate surface area is 156 Å². The fourth-order valence-corrected chi connectivity index (χ4v) is 2.50. The molecule has 2 aromatic rings. The first kappa shape index (κ1) is 18.4. The van der Waals surface area contributed by atoms with Crippen molar-refractivity contribution in [1.29, 1.82) is 0 Å². The van der Waals surface area contributed by atoms with Gasteiger partial charge in [-0.25, -0.2) is 0 Å². The van der Waals surface area contributed by atoms with Gasteiger partial charge in [-0.05, 0) is 30.4 Å². The zero-order chi connectivity index (χ0) is 17.9. The van der Waals surface area contributed by atoms with E-state index >= 15 is 0 Å². The van der Waals surface area contributed by atoms with E-state index in [9.17, 15) is 14.9 Å². The normalized spacial score (nSPS) is 10.1. The Morgan fingerprint density at radius 3 is 2.42 bits per heavy atom. The van der Waals surface area contributed by atoms with Crippen molar-refractivity contribution < 1.29 is 9.72 Å². The summed E-state index contributed by atoms with van der Waals surface area (Å²) in [7, 11) is 0. The van der Waals surface area contributed by atoms with E-state index in [0.717, 1.165) is 6.07 Å². The van der Waals surface area contributed by atoms with Gasteiger partial charge in [0.15, 0.2) is 5.11 Å². The molecule has 0 aliphatic carbocycles. The second kappa shape index (κ2) is 7.76. The summed E-state index contributed by atoms with van der Waals surface area (Å²) in [5.74, 6) is -0.604. The highest BCUT2D eigenvalue weighted by molar-refractivity contribution is 7.80. The van der Waals surface area contributed by atoms with E-state index in [-0.39, 0.29) is 31.4 Å². The Kier molecular flexibility index (Phi) is 5.95. The van der Waals surface area contributed by atoms with E-state index in [4.69, 9.17) is 47.0 Å². The number of rotatable bonds is 3. The van der Waals surface area contributed by atoms with E-state index in [1.54, 1.807) is 0 Å². The number of anilines is 1. The predicted molar refractivity (Wildman–Crippen MR) is 98.3 cm³/mol. The van der Waals surface area contributed by atoms with Gasteiger partial charge in [-0.1, -0.05) is 40.9 Å². The van der Waals surface area contributed by atoms with Gasteiger partial charge in [0.25, 0.3) is 11.6 Å². The lowest BCUT2D eigenvalue weighted by molar-refractivity contribution is -0.384. The van der Waals surface area contributed by atoms with Gasteiger partial charge in [0, 0.05) is 17.7 Å². The van der Waals surface area contributed by atoms with Crippen LogP contribution in [-0.4, -0.2) is 15.9 Å². The molecular formula is C14H8Cl3N3O3S. The molecule has 0 spiro atoms. The number of non-ortho nitro benzene ring substituents is 1. The highest BCUT2D eigenvalue weighted by atomic mass is 35.5. The van der Waals surface area contributed by atoms with Gasteiger partial charge in [0.2, 0.25) is 0 Å². The maximum absolute atomic E-state index is 12.1. The molecule has 10 heteroatoms. The second-order valence-electron chi connectivity index (χ2n) is 4.46. The summed E-state index contributed by atoms with van der Waals surface area (Å²) in [6.07, 6.45) is 0. The molecule has 2 rings (SSSR count). The number of halogens is 3. The molecule has 0 radical (unpaired) electrons. The van der Waals surface area contributed by atoms with Crippen molar-refractivity contribution in [3.63, 3.8) is 0 Å². The molecule has 124 valence electrons. The summed E-state index contributed by atoms with van der Waals surface area (Å²) >= 11 is 22.7. The second-order valence-corrected chi connectivity index (χ2v) is 6.09. The number of hydrogen-bond acceptors (Lipinski definition) is 4. The van der Waals surface area contributed by atoms with Crippen LogP contribution in [-0.2, 0) is 0 Å². The number of amides is 1. The molecule has 0 bridgehead atoms. The van der Waals surface area contributed by atoms with Crippen molar-refractivity contribution in [3.8, 4) is 0 Å². The molecule has 0 aliphatic rings. The molecule has 24 heavy (non-hydrogen) atoms. The van der Waals surface area contributed by atoms with Crippen LogP contribution in [0, 0.1) is 10.1 Å². The van der Waals surface area contributed by atoms with Crippen LogP contribution in [0.15, 0.2) is 36.4 Å². The Balaban J connectivity index is 2.10. The highest BCUT2D eigenvalue weighted by Gasteiger charge is 2.14. The number of hydrogen-bond donors (Lipinski definition) is 2. The number of nitro groups is 1. The summed E-state index contributed by atoms with van der Waals surface area (Å²) < 4.78 is 0. The lowest BCUT2D eigenvalue weighted by Crippen LogP contribution is -2.34. The summed E-state index contributed by atoms with van der Waals surface area (Å²) in [6.45, 7) is 0. The third kappa shape index (κ3) is 4.55. The number of nitrogens with zero attached hydrogens (tertiary/aromatic N) is 1. The zero-order valence-corrected chi connectivity index (χ0v) is 14.8. The number of thiocarbonyl (C=S) groups is 1. The van der Waals surface area contributed by atoms with Gasteiger partial charge in [0.05, 0.1) is 25.7 Å². The van der Waals surface area contributed by atoms with Gasteiger partial charge < -0.3 is 5.32 Å². The van der Waals surface area contributed by atoms with Crippen LogP contribution in [0.2, 0.25) is 15.1 Å². The first-order valence-corrected chi connectivity index (χ1v) is 7.83. The molecule has 0 unspecified atom stereocenters. The molecule has 0 heterocycles. The van der Waals surface area contributed by atoms with E-state index in [1.807, 2.05) is 0 Å². The summed E-state index contributed by atoms with van der Waals surface area (Å²) in [5, 5.41) is 16.6. The van der Waals surface area contributed by atoms with Gasteiger partial charge >= 0.3 is 0 Å². The minimum atomic E-state index is -0.604. The molecule has 1 amide bonds. The van der Waals surface area contributed by atoms with Crippen LogP contribution < -0.4 is 10.6 Å². The lowest BCUT2D eigenvalue weighted by atomic mass is 10.2. The maximum atomic E-state index is 12.1. The fraction of sp³-hybridized carbons (Fsp3) is 0. The minimum Gasteiger partial charge on any atom is -0.331 e. The van der Waals surface area contributed by atoms with E-state index in [0.29, 0.717) is 5.69 Å². The van der Waals surface area contributed by atoms with Crippen molar-refractivity contribution in [3.05, 3.63) is 67.1 Å². The largest absolute Gasteiger partial charge is 0.331 e. The predicted octanol–water partition coefficient (Wildman–Crippen LogP) is 4.68. The molecular weight excluding hydrogens is 397 g/mol. The maximum Gasteiger partial charge on any atom is 0.270 e. The topological polar surface area (TPSA) is 84.3 Å². The lowest BCUT2D eigenvalue weighted by Gasteiger charge is -2.12. The van der Waals surface area contributed by atoms with Gasteiger partial charge in [-0.2, -0.15) is 0 Å². The quantitative estimate of drug-likeness (QED) is 0.336. The van der Waals surface area contributed by atoms with E-state index < -0.39 is 10.8 Å². The summed E-state index contributed by atoms with van der Waals surface area (Å²) in [6, 6.07) is 8.14. The Morgan fingerprint density at radius 2 is 1.75 bits per heavy atom. The molecule has 6 nitrogen and oxygen atoms in total. The van der Waals surface area contributed by atoms with Crippen LogP contribution >= 0.6 is 47.0 Å². The fourth-order valence-electron chi connectivity index (χ4n) is 1.71. The molecule has 0 fully saturated rings. The van der Waals surface area contributed by atoms with Crippen LogP contribution in [0.1, 0.15) is 10.4 Å². The molecule has 0 atom stereocenters. The van der Waals surface area contributed by atoms with Crippen molar-refractivity contribution in [2.45, 2.75) is 0 Å². The van der Waals surface area contributed by atoms with Gasteiger partial charge in [0.1, 0.15) is 0 Å². The molecule has 2 aromatic carbocycles. The smallest absolute Gasteiger partial charge is 0.270 e. The average molecular weight is 405 g/mol. The van der Waals surface area contributed by atoms with Crippen LogP contribution in [0.4, 0.5) is 11.4 Å². The minimum absolute atomic E-state index is 0.0493. The number of nitrogens with one attached hydrogen (secondary N) is 2. The number of benzene rings is 2. The molecule has 0 saturated carbocycles. The van der Waals surface area contributed by atoms with E-state index in [2.05, 4.69) is 10.6 Å². The van der Waals surface area contributed by atoms with Crippen molar-refractivity contribution in [1.82, 2.24) is 5.32 Å². The zero-order valence-electron chi connectivity index (χ0n) is 11.7. The highest BCUT2D eigenvalue weighted by Crippen LogP contribution is 2.32. The average Bonchev–Trinajstić information content (AvgIpc) is 2.52. The molecule has 0 aromatic heterocycles. The monoisotopic (exact) mass is 403 g/mol. The SMILES string of the molecule is O=C(NC(=S)Nc1cc(Cl)c(Cl)cc1Cl)c1cccc([N+](=O)[O-])c1. The number of carbonyl (C=O) groups excluding carboxylic acids is 1. The molecule has 0 saturated heterocycles. The Morgan fingerprint density at radius 1 is 1.08 bits per heavy atom.